The monoisotopic (exact) mass is 256 g/mol. The minimum atomic E-state index is 0.783. The van der Waals surface area contributed by atoms with Gasteiger partial charge < -0.3 is 4.98 Å². The van der Waals surface area contributed by atoms with Gasteiger partial charge in [0.2, 0.25) is 0 Å². The van der Waals surface area contributed by atoms with Crippen molar-refractivity contribution in [2.45, 2.75) is 13.8 Å². The fraction of sp³-hybridized carbons (Fsp3) is 0.133. The van der Waals surface area contributed by atoms with Crippen LogP contribution in [0.1, 0.15) is 11.1 Å². The highest BCUT2D eigenvalue weighted by atomic mass is 35.5. The first-order valence-corrected chi connectivity index (χ1v) is 6.25. The van der Waals surface area contributed by atoms with E-state index in [1.54, 1.807) is 0 Å². The first-order valence-electron chi connectivity index (χ1n) is 5.87. The molecule has 2 nitrogen and oxygen atoms in total. The molecule has 1 heterocycles. The number of H-pyrrole nitrogens is 1. The SMILES string of the molecule is Cc1cc(-c2nc3c(C)cccc3[nH]2)ccc1Cl. The molecule has 0 aliphatic rings. The van der Waals surface area contributed by atoms with Crippen molar-refractivity contribution in [2.24, 2.45) is 0 Å². The van der Waals surface area contributed by atoms with Gasteiger partial charge in [0.1, 0.15) is 5.82 Å². The number of aromatic nitrogens is 2. The quantitative estimate of drug-likeness (QED) is 0.682. The molecule has 0 bridgehead atoms. The van der Waals surface area contributed by atoms with Crippen LogP contribution in [0.3, 0.4) is 0 Å². The zero-order chi connectivity index (χ0) is 12.7. The molecule has 1 aromatic heterocycles. The van der Waals surface area contributed by atoms with Gasteiger partial charge in [-0.25, -0.2) is 4.98 Å². The summed E-state index contributed by atoms with van der Waals surface area (Å²) in [5.41, 5.74) is 5.40. The van der Waals surface area contributed by atoms with E-state index >= 15 is 0 Å². The topological polar surface area (TPSA) is 28.7 Å². The van der Waals surface area contributed by atoms with E-state index in [0.29, 0.717) is 0 Å². The van der Waals surface area contributed by atoms with Crippen LogP contribution >= 0.6 is 11.6 Å². The number of aromatic amines is 1. The second kappa shape index (κ2) is 4.14. The zero-order valence-electron chi connectivity index (χ0n) is 10.3. The van der Waals surface area contributed by atoms with Crippen LogP contribution < -0.4 is 0 Å². The standard InChI is InChI=1S/C15H13ClN2/c1-9-4-3-5-13-14(9)18-15(17-13)11-6-7-12(16)10(2)8-11/h3-8H,1-2H3,(H,17,18). The Hall–Kier alpha value is -1.80. The third kappa shape index (κ3) is 1.79. The Balaban J connectivity index is 2.19. The van der Waals surface area contributed by atoms with Crippen molar-refractivity contribution in [3.63, 3.8) is 0 Å². The Kier molecular flexibility index (Phi) is 2.60. The minimum Gasteiger partial charge on any atom is -0.338 e. The van der Waals surface area contributed by atoms with Crippen molar-refractivity contribution in [1.29, 1.82) is 0 Å². The molecular formula is C15H13ClN2. The van der Waals surface area contributed by atoms with Crippen LogP contribution in [-0.2, 0) is 0 Å². The van der Waals surface area contributed by atoms with Crippen molar-refractivity contribution in [1.82, 2.24) is 9.97 Å². The number of nitrogens with zero attached hydrogens (tertiary/aromatic N) is 1. The summed E-state index contributed by atoms with van der Waals surface area (Å²) in [4.78, 5) is 8.00. The molecule has 1 N–H and O–H groups in total. The molecule has 18 heavy (non-hydrogen) atoms. The third-order valence-corrected chi connectivity index (χ3v) is 3.57. The molecule has 3 aromatic rings. The smallest absolute Gasteiger partial charge is 0.138 e. The minimum absolute atomic E-state index is 0.783. The number of benzene rings is 2. The molecule has 3 rings (SSSR count). The lowest BCUT2D eigenvalue weighted by Gasteiger charge is -2.00. The summed E-state index contributed by atoms with van der Waals surface area (Å²) in [6, 6.07) is 12.1. The Morgan fingerprint density at radius 2 is 1.89 bits per heavy atom. The summed E-state index contributed by atoms with van der Waals surface area (Å²) >= 11 is 6.04. The third-order valence-electron chi connectivity index (χ3n) is 3.15. The maximum atomic E-state index is 6.04. The number of para-hydroxylation sites is 1. The number of hydrogen-bond acceptors (Lipinski definition) is 1. The lowest BCUT2D eigenvalue weighted by Crippen LogP contribution is -1.82. The van der Waals surface area contributed by atoms with Crippen molar-refractivity contribution < 1.29 is 0 Å². The van der Waals surface area contributed by atoms with Gasteiger partial charge in [0.25, 0.3) is 0 Å². The number of hydrogen-bond donors (Lipinski definition) is 1. The molecule has 0 saturated carbocycles. The van der Waals surface area contributed by atoms with E-state index in [4.69, 9.17) is 11.6 Å². The predicted octanol–water partition coefficient (Wildman–Crippen LogP) is 4.50. The van der Waals surface area contributed by atoms with E-state index in [9.17, 15) is 0 Å². The molecule has 0 fully saturated rings. The maximum Gasteiger partial charge on any atom is 0.138 e. The van der Waals surface area contributed by atoms with Gasteiger partial charge in [0, 0.05) is 10.6 Å². The zero-order valence-corrected chi connectivity index (χ0v) is 11.0. The molecule has 0 aliphatic carbocycles. The molecule has 0 amide bonds. The summed E-state index contributed by atoms with van der Waals surface area (Å²) in [6.07, 6.45) is 0. The van der Waals surface area contributed by atoms with E-state index in [0.717, 1.165) is 33.0 Å². The summed E-state index contributed by atoms with van der Waals surface area (Å²) in [5, 5.41) is 0.783. The number of halogens is 1. The molecule has 0 radical (unpaired) electrons. The van der Waals surface area contributed by atoms with Gasteiger partial charge in [-0.15, -0.1) is 0 Å². The Labute approximate surface area is 111 Å². The highest BCUT2D eigenvalue weighted by molar-refractivity contribution is 6.31. The lowest BCUT2D eigenvalue weighted by molar-refractivity contribution is 1.32. The van der Waals surface area contributed by atoms with E-state index in [1.165, 1.54) is 5.56 Å². The highest BCUT2D eigenvalue weighted by Gasteiger charge is 2.07. The summed E-state index contributed by atoms with van der Waals surface area (Å²) in [7, 11) is 0. The van der Waals surface area contributed by atoms with Crippen molar-refractivity contribution in [2.75, 3.05) is 0 Å². The fourth-order valence-corrected chi connectivity index (χ4v) is 2.22. The van der Waals surface area contributed by atoms with Gasteiger partial charge in [-0.05, 0) is 49.2 Å². The average molecular weight is 257 g/mol. The molecule has 90 valence electrons. The number of aryl methyl sites for hydroxylation is 2. The molecule has 2 aromatic carbocycles. The van der Waals surface area contributed by atoms with Crippen LogP contribution in [0.5, 0.6) is 0 Å². The van der Waals surface area contributed by atoms with Gasteiger partial charge in [-0.2, -0.15) is 0 Å². The maximum absolute atomic E-state index is 6.04. The first kappa shape index (κ1) is 11.3. The van der Waals surface area contributed by atoms with Gasteiger partial charge >= 0.3 is 0 Å². The van der Waals surface area contributed by atoms with Gasteiger partial charge in [0.15, 0.2) is 0 Å². The highest BCUT2D eigenvalue weighted by Crippen LogP contribution is 2.25. The first-order chi connectivity index (χ1) is 8.65. The molecule has 0 atom stereocenters. The van der Waals surface area contributed by atoms with Gasteiger partial charge in [0.05, 0.1) is 11.0 Å². The number of rotatable bonds is 1. The van der Waals surface area contributed by atoms with Crippen LogP contribution in [0, 0.1) is 13.8 Å². The Morgan fingerprint density at radius 1 is 1.06 bits per heavy atom. The summed E-state index contributed by atoms with van der Waals surface area (Å²) in [6.45, 7) is 4.07. The fourth-order valence-electron chi connectivity index (χ4n) is 2.10. The lowest BCUT2D eigenvalue weighted by atomic mass is 10.1. The van der Waals surface area contributed by atoms with Crippen molar-refractivity contribution in [3.8, 4) is 11.4 Å². The number of nitrogens with one attached hydrogen (secondary N) is 1. The molecule has 0 aliphatic heterocycles. The predicted molar refractivity (Wildman–Crippen MR) is 76.0 cm³/mol. The second-order valence-corrected chi connectivity index (χ2v) is 4.93. The molecular weight excluding hydrogens is 244 g/mol. The normalized spacial score (nSPS) is 11.1. The van der Waals surface area contributed by atoms with Crippen LogP contribution in [0.2, 0.25) is 5.02 Å². The van der Waals surface area contributed by atoms with Crippen LogP contribution in [0.4, 0.5) is 0 Å². The van der Waals surface area contributed by atoms with E-state index in [-0.39, 0.29) is 0 Å². The molecule has 3 heteroatoms. The Bertz CT molecular complexity index is 728. The van der Waals surface area contributed by atoms with Crippen LogP contribution in [0.15, 0.2) is 36.4 Å². The summed E-state index contributed by atoms with van der Waals surface area (Å²) in [5.74, 6) is 0.888. The summed E-state index contributed by atoms with van der Waals surface area (Å²) < 4.78 is 0. The number of fused-ring (bicyclic) bond motifs is 1. The molecule has 0 saturated heterocycles. The van der Waals surface area contributed by atoms with E-state index in [1.807, 2.05) is 31.2 Å². The van der Waals surface area contributed by atoms with E-state index in [2.05, 4.69) is 29.0 Å². The number of imidazole rings is 1. The van der Waals surface area contributed by atoms with Crippen molar-refractivity contribution >= 4 is 22.6 Å². The van der Waals surface area contributed by atoms with Crippen molar-refractivity contribution in [3.05, 3.63) is 52.5 Å². The molecule has 0 unspecified atom stereocenters. The van der Waals surface area contributed by atoms with Crippen LogP contribution in [-0.4, -0.2) is 9.97 Å². The molecule has 0 spiro atoms. The largest absolute Gasteiger partial charge is 0.338 e. The Morgan fingerprint density at radius 3 is 2.61 bits per heavy atom. The second-order valence-electron chi connectivity index (χ2n) is 4.52. The van der Waals surface area contributed by atoms with E-state index < -0.39 is 0 Å². The van der Waals surface area contributed by atoms with Gasteiger partial charge in [-0.3, -0.25) is 0 Å². The van der Waals surface area contributed by atoms with Crippen LogP contribution in [0.25, 0.3) is 22.4 Å². The average Bonchev–Trinajstić information content (AvgIpc) is 2.78. The van der Waals surface area contributed by atoms with Gasteiger partial charge in [-0.1, -0.05) is 23.7 Å².